The summed E-state index contributed by atoms with van der Waals surface area (Å²) in [5, 5.41) is 21.9. The van der Waals surface area contributed by atoms with E-state index in [0.29, 0.717) is 41.4 Å². The van der Waals surface area contributed by atoms with Gasteiger partial charge in [0, 0.05) is 35.5 Å². The Kier molecular flexibility index (Phi) is 8.13. The van der Waals surface area contributed by atoms with Gasteiger partial charge in [-0.3, -0.25) is 19.5 Å². The second-order valence-corrected chi connectivity index (χ2v) is 11.1. The number of amides is 2. The Morgan fingerprint density at radius 3 is 2.49 bits per heavy atom. The molecule has 3 N–H and O–H groups in total. The van der Waals surface area contributed by atoms with Crippen molar-refractivity contribution in [3.63, 3.8) is 0 Å². The van der Waals surface area contributed by atoms with E-state index < -0.39 is 35.5 Å². The summed E-state index contributed by atoms with van der Waals surface area (Å²) in [7, 11) is 0. The van der Waals surface area contributed by atoms with Gasteiger partial charge in [-0.15, -0.1) is 5.10 Å². The summed E-state index contributed by atoms with van der Waals surface area (Å²) < 4.78 is 72.5. The number of rotatable bonds is 8. The minimum absolute atomic E-state index is 0.0254. The van der Waals surface area contributed by atoms with Gasteiger partial charge in [-0.2, -0.15) is 18.3 Å². The van der Waals surface area contributed by atoms with Crippen molar-refractivity contribution in [1.29, 1.82) is 0 Å². The molecule has 11 nitrogen and oxygen atoms in total. The van der Waals surface area contributed by atoms with Gasteiger partial charge in [0.05, 0.1) is 46.3 Å². The SMILES string of the molecule is NC(=O)c1ccc(-c2cnn([C@@H](CN3CCCC3=O)c3ccc(-c4c(-n5cc(C(F)(F)F)nn5)ccc(Cl)c4F)c[n+]3O)c2)cc1F. The molecule has 1 aliphatic heterocycles. The zero-order valence-corrected chi connectivity index (χ0v) is 24.8. The van der Waals surface area contributed by atoms with Crippen molar-refractivity contribution in [1.82, 2.24) is 29.7 Å². The third-order valence-electron chi connectivity index (χ3n) is 7.75. The van der Waals surface area contributed by atoms with E-state index >= 15 is 4.39 Å². The zero-order valence-electron chi connectivity index (χ0n) is 24.0. The summed E-state index contributed by atoms with van der Waals surface area (Å²) in [5.41, 5.74) is 4.29. The number of benzene rings is 2. The van der Waals surface area contributed by atoms with Gasteiger partial charge < -0.3 is 10.6 Å². The van der Waals surface area contributed by atoms with Crippen LogP contribution >= 0.6 is 11.6 Å². The second kappa shape index (κ2) is 12.1. The van der Waals surface area contributed by atoms with E-state index in [9.17, 15) is 32.4 Å². The number of hydrogen-bond donors (Lipinski definition) is 2. The maximum Gasteiger partial charge on any atom is 0.436 e. The molecule has 1 saturated heterocycles. The molecule has 47 heavy (non-hydrogen) atoms. The number of alkyl halides is 3. The Morgan fingerprint density at radius 2 is 1.85 bits per heavy atom. The number of carbonyl (C=O) groups is 2. The quantitative estimate of drug-likeness (QED) is 0.141. The van der Waals surface area contributed by atoms with Crippen LogP contribution < -0.4 is 10.5 Å². The molecule has 3 aromatic heterocycles. The molecule has 0 saturated carbocycles. The number of nitrogens with zero attached hydrogens (tertiary/aromatic N) is 7. The van der Waals surface area contributed by atoms with E-state index in [1.165, 1.54) is 41.2 Å². The van der Waals surface area contributed by atoms with Crippen LogP contribution in [0.1, 0.15) is 40.6 Å². The normalized spacial score (nSPS) is 14.2. The standard InChI is InChI=1S/C30H22ClF5N8O3/c31-20-6-8-23(43-15-25(39-40-43)30(34,35)36)27(28(20)33)17-4-7-22(44(47)13-17)24(14-41-9-1-2-26(41)45)42-12-18(11-38-42)16-3-5-19(29(37)46)21(32)10-16/h3-8,10-13,15,24H,1-2,9,14H2,(H2-,37,46,47)/p+1/t24-/m0/s1. The number of primary amides is 1. The Hall–Kier alpha value is -5.38. The van der Waals surface area contributed by atoms with Gasteiger partial charge in [-0.25, -0.2) is 13.5 Å². The number of carbonyl (C=O) groups excluding carboxylic acids is 2. The number of pyridine rings is 1. The lowest BCUT2D eigenvalue weighted by Gasteiger charge is -2.22. The van der Waals surface area contributed by atoms with E-state index in [1.807, 2.05) is 0 Å². The summed E-state index contributed by atoms with van der Waals surface area (Å²) in [6.45, 7) is 0.534. The number of halogens is 6. The fourth-order valence-corrected chi connectivity index (χ4v) is 5.56. The lowest BCUT2D eigenvalue weighted by Crippen LogP contribution is -2.42. The van der Waals surface area contributed by atoms with Crippen molar-refractivity contribution in [2.24, 2.45) is 5.73 Å². The summed E-state index contributed by atoms with van der Waals surface area (Å²) in [4.78, 5) is 25.6. The van der Waals surface area contributed by atoms with Crippen LogP contribution in [0.4, 0.5) is 22.0 Å². The van der Waals surface area contributed by atoms with Crippen LogP contribution in [0, 0.1) is 11.6 Å². The molecule has 1 fully saturated rings. The Balaban J connectivity index is 1.41. The van der Waals surface area contributed by atoms with E-state index in [4.69, 9.17) is 17.3 Å². The molecule has 0 aliphatic carbocycles. The van der Waals surface area contributed by atoms with Crippen molar-refractivity contribution in [2.45, 2.75) is 25.1 Å². The second-order valence-electron chi connectivity index (χ2n) is 10.7. The fourth-order valence-electron chi connectivity index (χ4n) is 5.40. The highest BCUT2D eigenvalue weighted by atomic mass is 35.5. The first-order valence-corrected chi connectivity index (χ1v) is 14.3. The van der Waals surface area contributed by atoms with Gasteiger partial charge in [0.1, 0.15) is 5.82 Å². The number of aromatic nitrogens is 6. The molecule has 1 atom stereocenters. The van der Waals surface area contributed by atoms with Crippen LogP contribution in [0.3, 0.4) is 0 Å². The lowest BCUT2D eigenvalue weighted by atomic mass is 10.0. The number of nitrogens with two attached hydrogens (primary N) is 1. The summed E-state index contributed by atoms with van der Waals surface area (Å²) >= 11 is 6.03. The molecule has 2 amide bonds. The van der Waals surface area contributed by atoms with Gasteiger partial charge in [0.2, 0.25) is 12.1 Å². The van der Waals surface area contributed by atoms with Crippen LogP contribution in [-0.2, 0) is 11.0 Å². The number of hydrogen-bond acceptors (Lipinski definition) is 6. The topological polar surface area (TPSA) is 136 Å². The zero-order chi connectivity index (χ0) is 33.6. The average Bonchev–Trinajstić information content (AvgIpc) is 3.79. The smallest absolute Gasteiger partial charge is 0.366 e. The molecule has 2 aromatic carbocycles. The van der Waals surface area contributed by atoms with E-state index in [0.717, 1.165) is 23.0 Å². The monoisotopic (exact) mass is 673 g/mol. The maximum atomic E-state index is 15.5. The molecule has 1 aliphatic rings. The first kappa shape index (κ1) is 31.6. The largest absolute Gasteiger partial charge is 0.436 e. The van der Waals surface area contributed by atoms with Crippen LogP contribution in [0.15, 0.2) is 67.3 Å². The highest BCUT2D eigenvalue weighted by molar-refractivity contribution is 6.31. The van der Waals surface area contributed by atoms with Crippen molar-refractivity contribution in [3.05, 3.63) is 101 Å². The van der Waals surface area contributed by atoms with Gasteiger partial charge in [-0.1, -0.05) is 22.9 Å². The van der Waals surface area contributed by atoms with Crippen molar-refractivity contribution in [3.8, 4) is 27.9 Å². The highest BCUT2D eigenvalue weighted by Crippen LogP contribution is 2.35. The predicted molar refractivity (Wildman–Crippen MR) is 154 cm³/mol. The van der Waals surface area contributed by atoms with Gasteiger partial charge >= 0.3 is 6.18 Å². The molecule has 4 heterocycles. The Bertz CT molecular complexity index is 2030. The third kappa shape index (κ3) is 6.10. The number of likely N-dealkylation sites (tertiary alicyclic amines) is 1. The fraction of sp³-hybridized carbons (Fsp3) is 0.200. The van der Waals surface area contributed by atoms with Crippen molar-refractivity contribution < 1.29 is 41.5 Å². The van der Waals surface area contributed by atoms with Crippen LogP contribution in [0.25, 0.3) is 27.9 Å². The van der Waals surface area contributed by atoms with Crippen LogP contribution in [0.5, 0.6) is 0 Å². The summed E-state index contributed by atoms with van der Waals surface area (Å²) in [5.74, 6) is -2.83. The van der Waals surface area contributed by atoms with E-state index in [2.05, 4.69) is 15.4 Å². The molecule has 0 unspecified atom stereocenters. The van der Waals surface area contributed by atoms with E-state index in [1.54, 1.807) is 11.1 Å². The maximum absolute atomic E-state index is 15.5. The van der Waals surface area contributed by atoms with Gasteiger partial charge in [0.25, 0.3) is 11.6 Å². The minimum atomic E-state index is -4.79. The molecule has 17 heteroatoms. The van der Waals surface area contributed by atoms with Gasteiger partial charge in [-0.05, 0) is 42.3 Å². The predicted octanol–water partition coefficient (Wildman–Crippen LogP) is 4.58. The van der Waals surface area contributed by atoms with Crippen LogP contribution in [0.2, 0.25) is 5.02 Å². The molecule has 242 valence electrons. The molecule has 6 rings (SSSR count). The van der Waals surface area contributed by atoms with Crippen molar-refractivity contribution >= 4 is 23.4 Å². The Labute approximate surface area is 267 Å². The Morgan fingerprint density at radius 1 is 1.09 bits per heavy atom. The molecule has 0 bridgehead atoms. The minimum Gasteiger partial charge on any atom is -0.366 e. The first-order valence-electron chi connectivity index (χ1n) is 14.0. The first-order chi connectivity index (χ1) is 22.3. The highest BCUT2D eigenvalue weighted by Gasteiger charge is 2.36. The van der Waals surface area contributed by atoms with Crippen LogP contribution in [-0.4, -0.2) is 59.8 Å². The van der Waals surface area contributed by atoms with Crippen molar-refractivity contribution in [2.75, 3.05) is 13.1 Å². The molecular formula is C30H23ClF5N8O3+. The third-order valence-corrected chi connectivity index (χ3v) is 8.04. The molecule has 5 aromatic rings. The lowest BCUT2D eigenvalue weighted by molar-refractivity contribution is -0.910. The summed E-state index contributed by atoms with van der Waals surface area (Å²) in [6.07, 6.45) is 0.919. The summed E-state index contributed by atoms with van der Waals surface area (Å²) in [6, 6.07) is 8.33. The van der Waals surface area contributed by atoms with Gasteiger partial charge in [0.15, 0.2) is 17.6 Å². The molecule has 0 radical (unpaired) electrons. The molecule has 0 spiro atoms. The average molecular weight is 674 g/mol. The molecular weight excluding hydrogens is 651 g/mol. The van der Waals surface area contributed by atoms with E-state index in [-0.39, 0.29) is 45.5 Å².